The highest BCUT2D eigenvalue weighted by Gasteiger charge is 2.06. The first-order chi connectivity index (χ1) is 10.6. The van der Waals surface area contributed by atoms with Crippen molar-refractivity contribution >= 4 is 17.5 Å². The smallest absolute Gasteiger partial charge is 0.251 e. The lowest BCUT2D eigenvalue weighted by molar-refractivity contribution is 0.0954. The zero-order valence-electron chi connectivity index (χ0n) is 12.6. The van der Waals surface area contributed by atoms with E-state index in [4.69, 9.17) is 21.1 Å². The Balaban J connectivity index is 1.87. The Labute approximate surface area is 135 Å². The maximum atomic E-state index is 12.0. The minimum atomic E-state index is -0.109. The number of hydrogen-bond donors (Lipinski definition) is 1. The molecule has 0 radical (unpaired) electrons. The first-order valence-corrected chi connectivity index (χ1v) is 7.26. The summed E-state index contributed by atoms with van der Waals surface area (Å²) in [7, 11) is 3.17. The SMILES string of the molecule is COc1ccc(C(=O)NCCc2ccc(OC)c(Cl)c2)cc1. The minimum Gasteiger partial charge on any atom is -0.497 e. The molecule has 0 aliphatic rings. The van der Waals surface area contributed by atoms with Gasteiger partial charge < -0.3 is 14.8 Å². The van der Waals surface area contributed by atoms with Crippen molar-refractivity contribution in [1.82, 2.24) is 5.32 Å². The average molecular weight is 320 g/mol. The minimum absolute atomic E-state index is 0.109. The normalized spacial score (nSPS) is 10.1. The summed E-state index contributed by atoms with van der Waals surface area (Å²) in [6, 6.07) is 12.6. The van der Waals surface area contributed by atoms with Gasteiger partial charge >= 0.3 is 0 Å². The number of ether oxygens (including phenoxy) is 2. The number of carbonyl (C=O) groups is 1. The molecule has 2 aromatic rings. The molecule has 0 fully saturated rings. The first kappa shape index (κ1) is 16.2. The fourth-order valence-corrected chi connectivity index (χ4v) is 2.31. The van der Waals surface area contributed by atoms with E-state index in [0.717, 1.165) is 11.3 Å². The van der Waals surface area contributed by atoms with E-state index < -0.39 is 0 Å². The second-order valence-electron chi connectivity index (χ2n) is 4.70. The summed E-state index contributed by atoms with van der Waals surface area (Å²) in [5.41, 5.74) is 1.65. The van der Waals surface area contributed by atoms with Crippen LogP contribution in [0.5, 0.6) is 11.5 Å². The monoisotopic (exact) mass is 319 g/mol. The lowest BCUT2D eigenvalue weighted by Gasteiger charge is -2.08. The van der Waals surface area contributed by atoms with Crippen molar-refractivity contribution in [3.8, 4) is 11.5 Å². The third kappa shape index (κ3) is 4.15. The zero-order valence-corrected chi connectivity index (χ0v) is 13.3. The highest BCUT2D eigenvalue weighted by atomic mass is 35.5. The molecular formula is C17H18ClNO3. The van der Waals surface area contributed by atoms with Gasteiger partial charge in [0.2, 0.25) is 0 Å². The molecule has 0 aliphatic carbocycles. The van der Waals surface area contributed by atoms with Crippen molar-refractivity contribution in [2.45, 2.75) is 6.42 Å². The number of benzene rings is 2. The average Bonchev–Trinajstić information content (AvgIpc) is 2.55. The summed E-state index contributed by atoms with van der Waals surface area (Å²) >= 11 is 6.07. The third-order valence-corrected chi connectivity index (χ3v) is 3.56. The van der Waals surface area contributed by atoms with E-state index >= 15 is 0 Å². The molecule has 22 heavy (non-hydrogen) atoms. The van der Waals surface area contributed by atoms with Gasteiger partial charge in [-0.15, -0.1) is 0 Å². The van der Waals surface area contributed by atoms with Crippen LogP contribution in [0.15, 0.2) is 42.5 Å². The van der Waals surface area contributed by atoms with Crippen LogP contribution in [-0.2, 0) is 6.42 Å². The van der Waals surface area contributed by atoms with Crippen molar-refractivity contribution < 1.29 is 14.3 Å². The fourth-order valence-electron chi connectivity index (χ4n) is 2.03. The van der Waals surface area contributed by atoms with E-state index in [2.05, 4.69) is 5.32 Å². The number of nitrogens with one attached hydrogen (secondary N) is 1. The molecule has 2 aromatic carbocycles. The highest BCUT2D eigenvalue weighted by Crippen LogP contribution is 2.24. The van der Waals surface area contributed by atoms with E-state index in [-0.39, 0.29) is 5.91 Å². The molecule has 4 nitrogen and oxygen atoms in total. The van der Waals surface area contributed by atoms with Crippen LogP contribution in [0.2, 0.25) is 5.02 Å². The van der Waals surface area contributed by atoms with Crippen LogP contribution in [0.3, 0.4) is 0 Å². The molecule has 2 rings (SSSR count). The van der Waals surface area contributed by atoms with Gasteiger partial charge in [-0.3, -0.25) is 4.79 Å². The Kier molecular flexibility index (Phi) is 5.67. The van der Waals surface area contributed by atoms with E-state index in [1.54, 1.807) is 38.5 Å². The molecule has 0 saturated heterocycles. The molecule has 0 aromatic heterocycles. The highest BCUT2D eigenvalue weighted by molar-refractivity contribution is 6.32. The van der Waals surface area contributed by atoms with Gasteiger partial charge in [-0.25, -0.2) is 0 Å². The second-order valence-corrected chi connectivity index (χ2v) is 5.11. The van der Waals surface area contributed by atoms with E-state index in [1.165, 1.54) is 0 Å². The molecule has 1 N–H and O–H groups in total. The molecule has 0 saturated carbocycles. The molecule has 0 aliphatic heterocycles. The maximum absolute atomic E-state index is 12.0. The van der Waals surface area contributed by atoms with Gasteiger partial charge in [0.15, 0.2) is 0 Å². The Morgan fingerprint density at radius 3 is 2.41 bits per heavy atom. The van der Waals surface area contributed by atoms with E-state index in [0.29, 0.717) is 29.3 Å². The van der Waals surface area contributed by atoms with E-state index in [1.807, 2.05) is 18.2 Å². The number of amides is 1. The van der Waals surface area contributed by atoms with Crippen LogP contribution >= 0.6 is 11.6 Å². The fraction of sp³-hybridized carbons (Fsp3) is 0.235. The molecule has 116 valence electrons. The standard InChI is InChI=1S/C17H18ClNO3/c1-21-14-6-4-13(5-7-14)17(20)19-10-9-12-3-8-16(22-2)15(18)11-12/h3-8,11H,9-10H2,1-2H3,(H,19,20). The molecule has 5 heteroatoms. The van der Waals surface area contributed by atoms with Crippen LogP contribution in [0.1, 0.15) is 15.9 Å². The van der Waals surface area contributed by atoms with Crippen molar-refractivity contribution in [1.29, 1.82) is 0 Å². The van der Waals surface area contributed by atoms with Crippen molar-refractivity contribution in [2.75, 3.05) is 20.8 Å². The van der Waals surface area contributed by atoms with Gasteiger partial charge in [-0.1, -0.05) is 17.7 Å². The zero-order chi connectivity index (χ0) is 15.9. The van der Waals surface area contributed by atoms with Crippen molar-refractivity contribution in [3.05, 3.63) is 58.6 Å². The Morgan fingerprint density at radius 1 is 1.09 bits per heavy atom. The first-order valence-electron chi connectivity index (χ1n) is 6.88. The van der Waals surface area contributed by atoms with Gasteiger partial charge in [0.05, 0.1) is 19.2 Å². The summed E-state index contributed by atoms with van der Waals surface area (Å²) in [5.74, 6) is 1.26. The van der Waals surface area contributed by atoms with E-state index in [9.17, 15) is 4.79 Å². The van der Waals surface area contributed by atoms with Gasteiger partial charge in [-0.05, 0) is 48.4 Å². The Hall–Kier alpha value is -2.20. The van der Waals surface area contributed by atoms with Gasteiger partial charge in [0, 0.05) is 12.1 Å². The molecule has 0 bridgehead atoms. The third-order valence-electron chi connectivity index (χ3n) is 3.27. The molecule has 1 amide bonds. The predicted molar refractivity (Wildman–Crippen MR) is 87.0 cm³/mol. The summed E-state index contributed by atoms with van der Waals surface area (Å²) < 4.78 is 10.2. The van der Waals surface area contributed by atoms with Crippen LogP contribution in [0, 0.1) is 0 Å². The van der Waals surface area contributed by atoms with Crippen LogP contribution in [0.4, 0.5) is 0 Å². The van der Waals surface area contributed by atoms with Crippen molar-refractivity contribution in [2.24, 2.45) is 0 Å². The van der Waals surface area contributed by atoms with Crippen LogP contribution in [0.25, 0.3) is 0 Å². The number of rotatable bonds is 6. The topological polar surface area (TPSA) is 47.6 Å². The lowest BCUT2D eigenvalue weighted by atomic mass is 10.1. The summed E-state index contributed by atoms with van der Waals surface area (Å²) in [6.45, 7) is 0.535. The summed E-state index contributed by atoms with van der Waals surface area (Å²) in [5, 5.41) is 3.45. The van der Waals surface area contributed by atoms with Gasteiger partial charge in [-0.2, -0.15) is 0 Å². The maximum Gasteiger partial charge on any atom is 0.251 e. The summed E-state index contributed by atoms with van der Waals surface area (Å²) in [4.78, 5) is 12.0. The Bertz CT molecular complexity index is 641. The number of carbonyl (C=O) groups excluding carboxylic acids is 1. The Morgan fingerprint density at radius 2 is 1.82 bits per heavy atom. The number of hydrogen-bond acceptors (Lipinski definition) is 3. The van der Waals surface area contributed by atoms with Gasteiger partial charge in [0.25, 0.3) is 5.91 Å². The largest absolute Gasteiger partial charge is 0.497 e. The van der Waals surface area contributed by atoms with Gasteiger partial charge in [0.1, 0.15) is 11.5 Å². The second kappa shape index (κ2) is 7.71. The number of methoxy groups -OCH3 is 2. The van der Waals surface area contributed by atoms with Crippen molar-refractivity contribution in [3.63, 3.8) is 0 Å². The molecule has 0 spiro atoms. The molecule has 0 unspecified atom stereocenters. The quantitative estimate of drug-likeness (QED) is 0.888. The number of halogens is 1. The lowest BCUT2D eigenvalue weighted by Crippen LogP contribution is -2.25. The predicted octanol–water partition coefficient (Wildman–Crippen LogP) is 3.33. The van der Waals surface area contributed by atoms with Crippen LogP contribution < -0.4 is 14.8 Å². The molecule has 0 heterocycles. The summed E-state index contributed by atoms with van der Waals surface area (Å²) in [6.07, 6.45) is 0.700. The van der Waals surface area contributed by atoms with Crippen LogP contribution in [-0.4, -0.2) is 26.7 Å². The molecule has 0 atom stereocenters. The molecular weight excluding hydrogens is 302 g/mol.